The van der Waals surface area contributed by atoms with Crippen molar-refractivity contribution < 1.29 is 45.9 Å². The highest BCUT2D eigenvalue weighted by Crippen LogP contribution is 2.33. The molecule has 3 aromatic carbocycles. The van der Waals surface area contributed by atoms with E-state index in [0.717, 1.165) is 17.7 Å². The zero-order valence-corrected chi connectivity index (χ0v) is 30.9. The summed E-state index contributed by atoms with van der Waals surface area (Å²) < 4.78 is 60.1. The molecule has 0 aliphatic heterocycles. The summed E-state index contributed by atoms with van der Waals surface area (Å²) in [6, 6.07) is 13.9. The molecule has 0 spiro atoms. The van der Waals surface area contributed by atoms with Crippen LogP contribution in [-0.2, 0) is 11.0 Å². The van der Waals surface area contributed by atoms with Crippen LogP contribution in [0.2, 0.25) is 0 Å². The van der Waals surface area contributed by atoms with Gasteiger partial charge in [0, 0.05) is 30.9 Å². The summed E-state index contributed by atoms with van der Waals surface area (Å²) in [5, 5.41) is 0. The van der Waals surface area contributed by atoms with Gasteiger partial charge in [-0.15, -0.1) is 24.0 Å². The molecule has 5 aromatic rings. The lowest BCUT2D eigenvalue weighted by Gasteiger charge is -2.18. The number of nitrogens with two attached hydrogens (primary N) is 1. The molecule has 0 radical (unpaired) electrons. The number of benzene rings is 3. The Hall–Kier alpha value is -5.58. The van der Waals surface area contributed by atoms with Crippen LogP contribution >= 0.6 is 24.0 Å². The molecular formula is C36H37Cl2F3N6O7. The topological polar surface area (TPSA) is 184 Å². The van der Waals surface area contributed by atoms with Gasteiger partial charge in [-0.3, -0.25) is 30.7 Å². The van der Waals surface area contributed by atoms with Gasteiger partial charge in [0.15, 0.2) is 23.3 Å². The molecule has 0 saturated heterocycles. The Bertz CT molecular complexity index is 2040. The second kappa shape index (κ2) is 19.5. The van der Waals surface area contributed by atoms with Gasteiger partial charge in [0.1, 0.15) is 11.5 Å². The molecule has 0 aliphatic rings. The van der Waals surface area contributed by atoms with Gasteiger partial charge in [-0.25, -0.2) is 15.8 Å². The number of nitrogen functional groups attached to an aromatic ring is 1. The van der Waals surface area contributed by atoms with Crippen LogP contribution in [0.15, 0.2) is 81.9 Å². The van der Waals surface area contributed by atoms with E-state index in [1.54, 1.807) is 44.3 Å². The van der Waals surface area contributed by atoms with E-state index in [1.807, 2.05) is 0 Å². The van der Waals surface area contributed by atoms with Crippen molar-refractivity contribution in [2.45, 2.75) is 38.8 Å². The van der Waals surface area contributed by atoms with Gasteiger partial charge in [-0.1, -0.05) is 12.1 Å². The number of alkyl halides is 4. The third kappa shape index (κ3) is 11.0. The number of nitrogens with one attached hydrogen (secondary N) is 3. The van der Waals surface area contributed by atoms with E-state index >= 15 is 0 Å². The molecule has 1 atom stereocenters. The van der Waals surface area contributed by atoms with Crippen molar-refractivity contribution in [1.29, 1.82) is 0 Å². The summed E-state index contributed by atoms with van der Waals surface area (Å²) in [7, 11) is 2.96. The summed E-state index contributed by atoms with van der Waals surface area (Å²) in [6.45, 7) is 3.46. The van der Waals surface area contributed by atoms with Gasteiger partial charge in [0.25, 0.3) is 11.8 Å². The summed E-state index contributed by atoms with van der Waals surface area (Å²) in [5.41, 5.74) is 8.25. The minimum Gasteiger partial charge on any atom is -0.496 e. The van der Waals surface area contributed by atoms with E-state index in [1.165, 1.54) is 44.7 Å². The highest BCUT2D eigenvalue weighted by molar-refractivity contribution is 6.17. The molecular weight excluding hydrogens is 756 g/mol. The van der Waals surface area contributed by atoms with Crippen LogP contribution in [0.5, 0.6) is 11.5 Å². The average Bonchev–Trinajstić information content (AvgIpc) is 3.80. The molecule has 0 bridgehead atoms. The fourth-order valence-corrected chi connectivity index (χ4v) is 5.19. The Labute approximate surface area is 319 Å². The molecule has 54 heavy (non-hydrogen) atoms. The van der Waals surface area contributed by atoms with E-state index in [-0.39, 0.29) is 36.2 Å². The molecule has 0 fully saturated rings. The first-order chi connectivity index (χ1) is 25.3. The van der Waals surface area contributed by atoms with E-state index in [0.29, 0.717) is 57.9 Å². The Morgan fingerprint density at radius 3 is 1.72 bits per heavy atom. The molecule has 13 nitrogen and oxygen atoms in total. The van der Waals surface area contributed by atoms with Crippen molar-refractivity contribution in [2.24, 2.45) is 5.84 Å². The molecule has 3 amide bonds. The van der Waals surface area contributed by atoms with Crippen molar-refractivity contribution >= 4 is 41.7 Å². The minimum absolute atomic E-state index is 0. The molecule has 0 aliphatic carbocycles. The lowest BCUT2D eigenvalue weighted by Crippen LogP contribution is -2.44. The number of oxazole rings is 2. The van der Waals surface area contributed by atoms with Crippen molar-refractivity contribution in [2.75, 3.05) is 20.1 Å². The first kappa shape index (κ1) is 42.8. The van der Waals surface area contributed by atoms with Crippen LogP contribution in [0.25, 0.3) is 22.6 Å². The number of hydrazine groups is 2. The number of hydrogen-bond donors (Lipinski definition) is 4. The SMILES string of the molecule is COc1cc(C(=O)NN)ccc1-c1cnc(C)o1.COc1cc(C(=O)NNC(=O)C(CCCCl)c2ccc(C(F)(F)F)cc2)ccc1-c1cnc(C)o1.Cl. The van der Waals surface area contributed by atoms with Gasteiger partial charge >= 0.3 is 6.18 Å². The number of aromatic nitrogens is 2. The maximum Gasteiger partial charge on any atom is 0.416 e. The second-order valence-corrected chi connectivity index (χ2v) is 11.6. The van der Waals surface area contributed by atoms with E-state index < -0.39 is 29.5 Å². The van der Waals surface area contributed by atoms with Crippen LogP contribution in [0, 0.1) is 13.8 Å². The number of halogens is 5. The van der Waals surface area contributed by atoms with Gasteiger partial charge in [0.2, 0.25) is 5.91 Å². The summed E-state index contributed by atoms with van der Waals surface area (Å²) in [5.74, 6) is 5.96. The summed E-state index contributed by atoms with van der Waals surface area (Å²) in [4.78, 5) is 44.9. The molecule has 0 saturated carbocycles. The summed E-state index contributed by atoms with van der Waals surface area (Å²) in [6.07, 6.45) is -0.599. The predicted molar refractivity (Wildman–Crippen MR) is 195 cm³/mol. The van der Waals surface area contributed by atoms with Crippen molar-refractivity contribution in [3.05, 3.63) is 107 Å². The number of ether oxygens (including phenoxy) is 2. The standard InChI is InChI=1S/C24H23ClF3N3O4.C12H13N3O3.ClH/c1-14-29-13-21(35-14)19-10-7-16(12-20(19)34-2)22(32)30-31-23(33)18(4-3-11-25)15-5-8-17(9-6-15)24(26,27)28;1-7-14-6-11(18-7)9-4-3-8(12(16)15-13)5-10(9)17-2;/h5-10,12-13,18H,3-4,11H2,1-2H3,(H,30,32)(H,31,33);3-6H,13H2,1-2H3,(H,15,16);1H. The molecule has 5 N–H and O–H groups in total. The number of nitrogens with zero attached hydrogens (tertiary/aromatic N) is 2. The number of aryl methyl sites for hydroxylation is 2. The summed E-state index contributed by atoms with van der Waals surface area (Å²) >= 11 is 5.74. The average molecular weight is 794 g/mol. The predicted octanol–water partition coefficient (Wildman–Crippen LogP) is 6.93. The normalized spacial score (nSPS) is 11.3. The zero-order valence-electron chi connectivity index (χ0n) is 29.4. The maximum atomic E-state index is 12.9. The van der Waals surface area contributed by atoms with E-state index in [9.17, 15) is 27.6 Å². The Morgan fingerprint density at radius 1 is 0.815 bits per heavy atom. The Morgan fingerprint density at radius 2 is 1.31 bits per heavy atom. The number of methoxy groups -OCH3 is 2. The molecule has 18 heteroatoms. The van der Waals surface area contributed by atoms with Gasteiger partial charge in [0.05, 0.1) is 49.2 Å². The van der Waals surface area contributed by atoms with Crippen molar-refractivity contribution in [1.82, 2.24) is 26.2 Å². The fourth-order valence-electron chi connectivity index (χ4n) is 5.04. The number of amides is 3. The van der Waals surface area contributed by atoms with Crippen LogP contribution in [0.1, 0.15) is 62.4 Å². The zero-order chi connectivity index (χ0) is 38.7. The quantitative estimate of drug-likeness (QED) is 0.0474. The highest BCUT2D eigenvalue weighted by atomic mass is 35.5. The first-order valence-electron chi connectivity index (χ1n) is 15.9. The third-order valence-corrected chi connectivity index (χ3v) is 7.98. The Kier molecular flexibility index (Phi) is 15.5. The maximum absolute atomic E-state index is 12.9. The monoisotopic (exact) mass is 792 g/mol. The number of hydrogen-bond acceptors (Lipinski definition) is 10. The van der Waals surface area contributed by atoms with Gasteiger partial charge in [-0.05, 0) is 66.9 Å². The van der Waals surface area contributed by atoms with Crippen LogP contribution in [0.3, 0.4) is 0 Å². The molecule has 288 valence electrons. The number of rotatable bonds is 11. The highest BCUT2D eigenvalue weighted by Gasteiger charge is 2.31. The van der Waals surface area contributed by atoms with E-state index in [4.69, 9.17) is 35.8 Å². The second-order valence-electron chi connectivity index (χ2n) is 11.2. The minimum atomic E-state index is -4.48. The molecule has 2 heterocycles. The largest absolute Gasteiger partial charge is 0.496 e. The lowest BCUT2D eigenvalue weighted by molar-refractivity contribution is -0.137. The van der Waals surface area contributed by atoms with Crippen LogP contribution < -0.4 is 31.6 Å². The number of carbonyl (C=O) groups is 3. The van der Waals surface area contributed by atoms with Gasteiger partial charge < -0.3 is 18.3 Å². The van der Waals surface area contributed by atoms with Crippen LogP contribution in [0.4, 0.5) is 13.2 Å². The fraction of sp³-hybridized carbons (Fsp3) is 0.250. The lowest BCUT2D eigenvalue weighted by atomic mass is 9.93. The Balaban J connectivity index is 0.000000347. The number of carbonyl (C=O) groups excluding carboxylic acids is 3. The molecule has 2 aromatic heterocycles. The van der Waals surface area contributed by atoms with Crippen molar-refractivity contribution in [3.8, 4) is 34.1 Å². The van der Waals surface area contributed by atoms with Gasteiger partial charge in [-0.2, -0.15) is 13.2 Å². The smallest absolute Gasteiger partial charge is 0.416 e. The van der Waals surface area contributed by atoms with Crippen molar-refractivity contribution in [3.63, 3.8) is 0 Å². The first-order valence-corrected chi connectivity index (χ1v) is 16.4. The van der Waals surface area contributed by atoms with E-state index in [2.05, 4.69) is 26.2 Å². The molecule has 1 unspecified atom stereocenters. The molecule has 5 rings (SSSR count). The third-order valence-electron chi connectivity index (χ3n) is 7.71. The van der Waals surface area contributed by atoms with Crippen LogP contribution in [-0.4, -0.2) is 47.8 Å².